The fourth-order valence-electron chi connectivity index (χ4n) is 2.64. The third kappa shape index (κ3) is 3.20. The molecule has 3 rings (SSSR count). The van der Waals surface area contributed by atoms with Gasteiger partial charge in [0.15, 0.2) is 0 Å². The van der Waals surface area contributed by atoms with Crippen LogP contribution in [0.3, 0.4) is 0 Å². The third-order valence-corrected chi connectivity index (χ3v) is 5.33. The number of anilines is 1. The molecule has 0 fully saturated rings. The number of aromatic nitrogens is 2. The summed E-state index contributed by atoms with van der Waals surface area (Å²) in [4.78, 5) is 15.7. The number of nitrogens with one attached hydrogen (secondary N) is 1. The molecule has 8 heteroatoms. The van der Waals surface area contributed by atoms with Crippen LogP contribution in [0.15, 0.2) is 47.6 Å². The Hall–Kier alpha value is -2.87. The van der Waals surface area contributed by atoms with Crippen LogP contribution in [-0.4, -0.2) is 29.0 Å². The van der Waals surface area contributed by atoms with Gasteiger partial charge in [0.25, 0.3) is 10.0 Å². The largest absolute Gasteiger partial charge is 0.478 e. The molecule has 0 spiro atoms. The number of hydrogen-bond donors (Lipinski definition) is 2. The van der Waals surface area contributed by atoms with Crippen LogP contribution in [0.4, 0.5) is 5.69 Å². The number of aromatic carboxylic acids is 1. The van der Waals surface area contributed by atoms with E-state index in [9.17, 15) is 18.3 Å². The number of imidazole rings is 1. The van der Waals surface area contributed by atoms with Crippen molar-refractivity contribution >= 4 is 32.7 Å². The van der Waals surface area contributed by atoms with Crippen molar-refractivity contribution < 1.29 is 18.3 Å². The molecule has 25 heavy (non-hydrogen) atoms. The normalized spacial score (nSPS) is 11.6. The van der Waals surface area contributed by atoms with Crippen LogP contribution in [0.2, 0.25) is 0 Å². The van der Waals surface area contributed by atoms with Crippen molar-refractivity contribution in [3.05, 3.63) is 53.9 Å². The zero-order valence-corrected chi connectivity index (χ0v) is 14.5. The fourth-order valence-corrected chi connectivity index (χ4v) is 3.68. The number of carboxylic acid groups (broad SMARTS) is 1. The lowest BCUT2D eigenvalue weighted by atomic mass is 10.1. The van der Waals surface area contributed by atoms with Gasteiger partial charge in [0.2, 0.25) is 0 Å². The van der Waals surface area contributed by atoms with Gasteiger partial charge in [-0.3, -0.25) is 4.72 Å². The van der Waals surface area contributed by atoms with Crippen LogP contribution >= 0.6 is 0 Å². The molecule has 0 aliphatic rings. The van der Waals surface area contributed by atoms with Gasteiger partial charge in [0.1, 0.15) is 0 Å². The molecule has 0 atom stereocenters. The van der Waals surface area contributed by atoms with Gasteiger partial charge in [-0.2, -0.15) is 0 Å². The number of rotatable bonds is 5. The second-order valence-corrected chi connectivity index (χ2v) is 7.34. The summed E-state index contributed by atoms with van der Waals surface area (Å²) in [6.07, 6.45) is 2.30. The maximum atomic E-state index is 12.5. The lowest BCUT2D eigenvalue weighted by Gasteiger charge is -2.10. The van der Waals surface area contributed by atoms with Crippen molar-refractivity contribution in [2.75, 3.05) is 4.72 Å². The van der Waals surface area contributed by atoms with Crippen molar-refractivity contribution in [2.45, 2.75) is 18.2 Å². The zero-order valence-electron chi connectivity index (χ0n) is 13.7. The molecule has 1 heterocycles. The van der Waals surface area contributed by atoms with Gasteiger partial charge in [-0.25, -0.2) is 18.2 Å². The first-order chi connectivity index (χ1) is 11.8. The molecule has 0 radical (unpaired) electrons. The Morgan fingerprint density at radius 2 is 1.92 bits per heavy atom. The molecule has 0 bridgehead atoms. The topological polar surface area (TPSA) is 101 Å². The molecule has 0 unspecified atom stereocenters. The third-order valence-electron chi connectivity index (χ3n) is 3.94. The smallest absolute Gasteiger partial charge is 0.337 e. The number of sulfonamides is 1. The number of hydrogen-bond acceptors (Lipinski definition) is 4. The van der Waals surface area contributed by atoms with Gasteiger partial charge in [-0.15, -0.1) is 0 Å². The van der Waals surface area contributed by atoms with Crippen LogP contribution in [0.5, 0.6) is 0 Å². The van der Waals surface area contributed by atoms with Crippen molar-refractivity contribution in [2.24, 2.45) is 7.05 Å². The van der Waals surface area contributed by atoms with Gasteiger partial charge in [0.05, 0.1) is 33.5 Å². The summed E-state index contributed by atoms with van der Waals surface area (Å²) >= 11 is 0. The van der Waals surface area contributed by atoms with Crippen molar-refractivity contribution in [1.29, 1.82) is 0 Å². The number of fused-ring (bicyclic) bond motifs is 1. The van der Waals surface area contributed by atoms with E-state index in [1.165, 1.54) is 30.6 Å². The highest BCUT2D eigenvalue weighted by Gasteiger charge is 2.18. The molecule has 0 amide bonds. The van der Waals surface area contributed by atoms with Crippen LogP contribution < -0.4 is 4.72 Å². The SMILES string of the molecule is CCc1ccc(S(=O)(=O)Nc2cc(C(=O)O)c3c(c2)ncn3C)cc1. The molecule has 130 valence electrons. The molecule has 0 saturated heterocycles. The van der Waals surface area contributed by atoms with Crippen molar-refractivity contribution in [3.63, 3.8) is 0 Å². The molecule has 2 aromatic carbocycles. The van der Waals surface area contributed by atoms with E-state index in [-0.39, 0.29) is 16.1 Å². The average molecular weight is 359 g/mol. The van der Waals surface area contributed by atoms with Gasteiger partial charge >= 0.3 is 5.97 Å². The van der Waals surface area contributed by atoms with Crippen LogP contribution in [0.1, 0.15) is 22.8 Å². The molecule has 3 aromatic rings. The lowest BCUT2D eigenvalue weighted by molar-refractivity contribution is 0.0698. The Labute approximate surface area is 145 Å². The Kier molecular flexibility index (Phi) is 4.22. The lowest BCUT2D eigenvalue weighted by Crippen LogP contribution is -2.13. The van der Waals surface area contributed by atoms with Gasteiger partial charge < -0.3 is 9.67 Å². The summed E-state index contributed by atoms with van der Waals surface area (Å²) in [6.45, 7) is 1.98. The Morgan fingerprint density at radius 1 is 1.24 bits per heavy atom. The molecule has 0 aliphatic carbocycles. The summed E-state index contributed by atoms with van der Waals surface area (Å²) in [5, 5.41) is 9.40. The minimum Gasteiger partial charge on any atom is -0.478 e. The maximum Gasteiger partial charge on any atom is 0.337 e. The Balaban J connectivity index is 2.03. The number of carbonyl (C=O) groups is 1. The van der Waals surface area contributed by atoms with E-state index in [1.807, 2.05) is 6.92 Å². The molecule has 1 aromatic heterocycles. The maximum absolute atomic E-state index is 12.5. The summed E-state index contributed by atoms with van der Waals surface area (Å²) < 4.78 is 29.1. The van der Waals surface area contributed by atoms with E-state index in [4.69, 9.17) is 0 Å². The number of carboxylic acids is 1. The molecule has 7 nitrogen and oxygen atoms in total. The average Bonchev–Trinajstić information content (AvgIpc) is 2.95. The number of aryl methyl sites for hydroxylation is 2. The summed E-state index contributed by atoms with van der Waals surface area (Å²) in [7, 11) is -2.14. The molecule has 0 aliphatic heterocycles. The van der Waals surface area contributed by atoms with E-state index in [2.05, 4.69) is 9.71 Å². The summed E-state index contributed by atoms with van der Waals surface area (Å²) in [6, 6.07) is 9.36. The number of benzene rings is 2. The summed E-state index contributed by atoms with van der Waals surface area (Å²) in [5.41, 5.74) is 2.01. The highest BCUT2D eigenvalue weighted by Crippen LogP contribution is 2.25. The second kappa shape index (κ2) is 6.21. The van der Waals surface area contributed by atoms with E-state index in [1.54, 1.807) is 23.7 Å². The van der Waals surface area contributed by atoms with Crippen LogP contribution in [-0.2, 0) is 23.5 Å². The summed E-state index contributed by atoms with van der Waals surface area (Å²) in [5.74, 6) is -1.15. The van der Waals surface area contributed by atoms with Crippen LogP contribution in [0, 0.1) is 0 Å². The Bertz CT molecular complexity index is 1050. The monoisotopic (exact) mass is 359 g/mol. The molecule has 2 N–H and O–H groups in total. The first kappa shape index (κ1) is 17.0. The highest BCUT2D eigenvalue weighted by atomic mass is 32.2. The quantitative estimate of drug-likeness (QED) is 0.729. The van der Waals surface area contributed by atoms with Gasteiger partial charge in [-0.1, -0.05) is 19.1 Å². The number of nitrogens with zero attached hydrogens (tertiary/aromatic N) is 2. The highest BCUT2D eigenvalue weighted by molar-refractivity contribution is 7.92. The van der Waals surface area contributed by atoms with Crippen molar-refractivity contribution in [1.82, 2.24) is 9.55 Å². The van der Waals surface area contributed by atoms with Crippen LogP contribution in [0.25, 0.3) is 11.0 Å². The first-order valence-electron chi connectivity index (χ1n) is 7.62. The van der Waals surface area contributed by atoms with E-state index < -0.39 is 16.0 Å². The standard InChI is InChI=1S/C17H17N3O4S/c1-3-11-4-6-13(7-5-11)25(23,24)19-12-8-14(17(21)22)16-15(9-12)18-10-20(16)2/h4-10,19H,3H2,1-2H3,(H,21,22). The van der Waals surface area contributed by atoms with E-state index in [0.29, 0.717) is 11.0 Å². The van der Waals surface area contributed by atoms with Gasteiger partial charge in [-0.05, 0) is 36.2 Å². The Morgan fingerprint density at radius 3 is 2.52 bits per heavy atom. The predicted octanol–water partition coefficient (Wildman–Crippen LogP) is 2.63. The van der Waals surface area contributed by atoms with Gasteiger partial charge in [0, 0.05) is 7.05 Å². The zero-order chi connectivity index (χ0) is 18.2. The van der Waals surface area contributed by atoms with E-state index >= 15 is 0 Å². The molecule has 0 saturated carbocycles. The van der Waals surface area contributed by atoms with E-state index in [0.717, 1.165) is 12.0 Å². The first-order valence-corrected chi connectivity index (χ1v) is 9.10. The molecular formula is C17H17N3O4S. The predicted molar refractivity (Wildman–Crippen MR) is 94.3 cm³/mol. The minimum atomic E-state index is -3.82. The second-order valence-electron chi connectivity index (χ2n) is 5.66. The minimum absolute atomic E-state index is 0.0171. The van der Waals surface area contributed by atoms with Crippen molar-refractivity contribution in [3.8, 4) is 0 Å². The molecular weight excluding hydrogens is 342 g/mol. The fraction of sp³-hybridized carbons (Fsp3) is 0.176.